The van der Waals surface area contributed by atoms with E-state index in [1.807, 2.05) is 41.5 Å². The fourth-order valence-corrected chi connectivity index (χ4v) is 5.77. The van der Waals surface area contributed by atoms with Crippen LogP contribution in [0, 0.1) is 0 Å². The molecule has 0 saturated heterocycles. The molecular weight excluding hydrogens is 651 g/mol. The summed E-state index contributed by atoms with van der Waals surface area (Å²) in [6, 6.07) is 8.35. The molecule has 0 aliphatic rings. The first-order chi connectivity index (χ1) is 21.5. The van der Waals surface area contributed by atoms with E-state index in [2.05, 4.69) is 5.48 Å². The van der Waals surface area contributed by atoms with Crippen molar-refractivity contribution >= 4 is 8.60 Å². The number of hydrogen-bond donors (Lipinski definition) is 3. The monoisotopic (exact) mass is 699 g/mol. The van der Waals surface area contributed by atoms with Crippen LogP contribution in [0.4, 0.5) is 26.3 Å². The van der Waals surface area contributed by atoms with E-state index in [-0.39, 0.29) is 44.6 Å². The molecule has 268 valence electrons. The minimum Gasteiger partial charge on any atom is -0.493 e. The Hall–Kier alpha value is -1.99. The molecule has 2 atom stereocenters. The van der Waals surface area contributed by atoms with E-state index >= 15 is 0 Å². The molecule has 14 heteroatoms. The van der Waals surface area contributed by atoms with Gasteiger partial charge in [0.25, 0.3) is 0 Å². The number of hydroxylamine groups is 1. The van der Waals surface area contributed by atoms with Crippen LogP contribution in [0.15, 0.2) is 42.5 Å². The quantitative estimate of drug-likeness (QED) is 0.0656. The van der Waals surface area contributed by atoms with Gasteiger partial charge in [0.2, 0.25) is 0 Å². The SMILES string of the molecule is CC(O)CCC(CCc1ccc(OCCCc2ccc(C(F)(F)F)cc2)c(C(F)(F)F)c1)(COP(OC(C)(C)C)OC(C)(C)C)NO. The molecule has 2 unspecified atom stereocenters. The van der Waals surface area contributed by atoms with E-state index in [4.69, 9.17) is 18.3 Å². The first kappa shape index (κ1) is 41.2. The van der Waals surface area contributed by atoms with Crippen LogP contribution in [-0.2, 0) is 38.8 Å². The Morgan fingerprint density at radius 3 is 1.85 bits per heavy atom. The van der Waals surface area contributed by atoms with Crippen molar-refractivity contribution in [3.63, 3.8) is 0 Å². The average Bonchev–Trinajstić information content (AvgIpc) is 2.93. The maximum absolute atomic E-state index is 14.1. The summed E-state index contributed by atoms with van der Waals surface area (Å²) >= 11 is 0. The summed E-state index contributed by atoms with van der Waals surface area (Å²) in [7, 11) is -1.88. The number of halogens is 6. The second-order valence-corrected chi connectivity index (χ2v) is 14.7. The molecule has 0 saturated carbocycles. The molecule has 0 amide bonds. The van der Waals surface area contributed by atoms with Gasteiger partial charge >= 0.3 is 21.0 Å². The Kier molecular flexibility index (Phi) is 15.0. The topological polar surface area (TPSA) is 89.4 Å². The fourth-order valence-electron chi connectivity index (χ4n) is 4.38. The number of aliphatic hydroxyl groups is 1. The lowest BCUT2D eigenvalue weighted by Crippen LogP contribution is -2.48. The fraction of sp³-hybridized carbons (Fsp3) is 0.636. The first-order valence-corrected chi connectivity index (χ1v) is 16.5. The van der Waals surface area contributed by atoms with Crippen LogP contribution in [0.1, 0.15) is 96.4 Å². The van der Waals surface area contributed by atoms with E-state index < -0.39 is 54.9 Å². The lowest BCUT2D eigenvalue weighted by atomic mass is 9.87. The van der Waals surface area contributed by atoms with Gasteiger partial charge in [-0.1, -0.05) is 18.2 Å². The zero-order chi connectivity index (χ0) is 35.7. The second-order valence-electron chi connectivity index (χ2n) is 13.7. The Balaban J connectivity index is 2.16. The Morgan fingerprint density at radius 2 is 1.36 bits per heavy atom. The number of aryl methyl sites for hydroxylation is 2. The molecule has 0 heterocycles. The Bertz CT molecular complexity index is 1210. The molecule has 0 radical (unpaired) electrons. The lowest BCUT2D eigenvalue weighted by Gasteiger charge is -2.36. The van der Waals surface area contributed by atoms with Gasteiger partial charge in [0.1, 0.15) is 5.75 Å². The van der Waals surface area contributed by atoms with Crippen molar-refractivity contribution in [2.24, 2.45) is 0 Å². The third-order valence-corrected chi connectivity index (χ3v) is 8.54. The highest BCUT2D eigenvalue weighted by Crippen LogP contribution is 2.48. The molecule has 2 aromatic rings. The molecular formula is C33H48F6NO6P. The van der Waals surface area contributed by atoms with Crippen LogP contribution >= 0.6 is 8.60 Å². The molecule has 0 aliphatic carbocycles. The van der Waals surface area contributed by atoms with Crippen molar-refractivity contribution < 1.29 is 55.0 Å². The Labute approximate surface area is 274 Å². The standard InChI is InChI=1S/C33H48F6NO6P/c1-23(41)16-18-31(40-42,22-44-47(45-29(2,3)4)46-30(5,6)7)19-17-25-12-15-28(27(21-25)33(37,38)39)43-20-8-9-24-10-13-26(14-11-24)32(34,35)36/h10-15,21,23,40-42H,8-9,16-20,22H2,1-7H3. The molecule has 0 aromatic heterocycles. The van der Waals surface area contributed by atoms with Crippen molar-refractivity contribution in [2.75, 3.05) is 13.2 Å². The molecule has 3 N–H and O–H groups in total. The number of hydrogen-bond acceptors (Lipinski definition) is 7. The predicted molar refractivity (Wildman–Crippen MR) is 168 cm³/mol. The number of aliphatic hydroxyl groups excluding tert-OH is 1. The summed E-state index contributed by atoms with van der Waals surface area (Å²) in [5.41, 5.74) is -0.853. The molecule has 2 rings (SSSR count). The van der Waals surface area contributed by atoms with Gasteiger partial charge in [-0.25, -0.2) is 0 Å². The number of nitrogens with one attached hydrogen (secondary N) is 1. The number of rotatable bonds is 17. The normalized spacial score (nSPS) is 15.1. The van der Waals surface area contributed by atoms with Crippen LogP contribution in [0.2, 0.25) is 0 Å². The van der Waals surface area contributed by atoms with Crippen LogP contribution in [0.3, 0.4) is 0 Å². The minimum atomic E-state index is -4.72. The third-order valence-electron chi connectivity index (χ3n) is 6.81. The predicted octanol–water partition coefficient (Wildman–Crippen LogP) is 9.42. The van der Waals surface area contributed by atoms with Gasteiger partial charge in [-0.3, -0.25) is 0 Å². The summed E-state index contributed by atoms with van der Waals surface area (Å²) in [4.78, 5) is 0. The third kappa shape index (κ3) is 15.4. The highest BCUT2D eigenvalue weighted by Gasteiger charge is 2.37. The number of ether oxygens (including phenoxy) is 1. The van der Waals surface area contributed by atoms with Crippen LogP contribution in [0.25, 0.3) is 0 Å². The van der Waals surface area contributed by atoms with Crippen molar-refractivity contribution in [3.8, 4) is 5.75 Å². The number of benzene rings is 2. The van der Waals surface area contributed by atoms with Crippen LogP contribution in [0.5, 0.6) is 5.75 Å². The van der Waals surface area contributed by atoms with E-state index in [0.717, 1.165) is 18.2 Å². The summed E-state index contributed by atoms with van der Waals surface area (Å²) in [5, 5.41) is 20.2. The molecule has 0 bridgehead atoms. The molecule has 2 aromatic carbocycles. The van der Waals surface area contributed by atoms with Crippen molar-refractivity contribution in [2.45, 2.75) is 122 Å². The zero-order valence-electron chi connectivity index (χ0n) is 28.0. The van der Waals surface area contributed by atoms with Gasteiger partial charge in [0.15, 0.2) is 0 Å². The smallest absolute Gasteiger partial charge is 0.419 e. The summed E-state index contributed by atoms with van der Waals surface area (Å²) in [6.45, 7) is 12.5. The van der Waals surface area contributed by atoms with Crippen molar-refractivity contribution in [3.05, 3.63) is 64.7 Å². The number of alkyl halides is 6. The highest BCUT2D eigenvalue weighted by atomic mass is 31.2. The van der Waals surface area contributed by atoms with Crippen LogP contribution < -0.4 is 10.2 Å². The van der Waals surface area contributed by atoms with Crippen molar-refractivity contribution in [1.82, 2.24) is 5.48 Å². The summed E-state index contributed by atoms with van der Waals surface area (Å²) < 4.78 is 104. The Morgan fingerprint density at radius 1 is 0.787 bits per heavy atom. The summed E-state index contributed by atoms with van der Waals surface area (Å²) in [5.74, 6) is -0.359. The van der Waals surface area contributed by atoms with Gasteiger partial charge < -0.3 is 28.6 Å². The largest absolute Gasteiger partial charge is 0.493 e. The maximum Gasteiger partial charge on any atom is 0.419 e. The maximum atomic E-state index is 14.1. The molecule has 7 nitrogen and oxygen atoms in total. The van der Waals surface area contributed by atoms with Gasteiger partial charge in [-0.05, 0) is 122 Å². The molecule has 0 aliphatic heterocycles. The van der Waals surface area contributed by atoms with E-state index in [9.17, 15) is 36.7 Å². The zero-order valence-corrected chi connectivity index (χ0v) is 28.9. The molecule has 0 fully saturated rings. The van der Waals surface area contributed by atoms with E-state index in [0.29, 0.717) is 24.0 Å². The van der Waals surface area contributed by atoms with Crippen LogP contribution in [-0.4, -0.2) is 46.4 Å². The first-order valence-electron chi connectivity index (χ1n) is 15.4. The van der Waals surface area contributed by atoms with E-state index in [1.54, 1.807) is 6.92 Å². The van der Waals surface area contributed by atoms with Crippen molar-refractivity contribution in [1.29, 1.82) is 0 Å². The van der Waals surface area contributed by atoms with Gasteiger partial charge in [-0.15, -0.1) is 0 Å². The van der Waals surface area contributed by atoms with Gasteiger partial charge in [0, 0.05) is 0 Å². The lowest BCUT2D eigenvalue weighted by molar-refractivity contribution is -0.139. The second kappa shape index (κ2) is 17.1. The van der Waals surface area contributed by atoms with Gasteiger partial charge in [0.05, 0.1) is 47.2 Å². The van der Waals surface area contributed by atoms with Gasteiger partial charge in [-0.2, -0.15) is 31.8 Å². The molecule has 0 spiro atoms. The average molecular weight is 700 g/mol. The van der Waals surface area contributed by atoms with E-state index in [1.165, 1.54) is 24.3 Å². The minimum absolute atomic E-state index is 0.0755. The summed E-state index contributed by atoms with van der Waals surface area (Å²) in [6.07, 6.45) is -8.47. The molecule has 47 heavy (non-hydrogen) atoms. The highest BCUT2D eigenvalue weighted by molar-refractivity contribution is 7.41.